The van der Waals surface area contributed by atoms with Gasteiger partial charge in [0, 0.05) is 6.42 Å². The Bertz CT molecular complexity index is 148. The average Bonchev–Trinajstić information content (AvgIpc) is 2.18. The maximum absolute atomic E-state index is 8.67. The van der Waals surface area contributed by atoms with E-state index in [4.69, 9.17) is 21.2 Å². The summed E-state index contributed by atoms with van der Waals surface area (Å²) in [7, 11) is 0. The van der Waals surface area contributed by atoms with Crippen molar-refractivity contribution in [2.75, 3.05) is 19.8 Å². The van der Waals surface area contributed by atoms with Crippen molar-refractivity contribution >= 4 is 5.84 Å². The zero-order valence-corrected chi connectivity index (χ0v) is 7.48. The van der Waals surface area contributed by atoms with Crippen LogP contribution < -0.4 is 11.1 Å². The molecule has 0 atom stereocenters. The van der Waals surface area contributed by atoms with Crippen molar-refractivity contribution in [3.05, 3.63) is 0 Å². The number of nitrogens with two attached hydrogens (primary N) is 1. The van der Waals surface area contributed by atoms with Crippen molar-refractivity contribution < 1.29 is 15.4 Å². The van der Waals surface area contributed by atoms with Crippen LogP contribution in [0, 0.1) is 0 Å². The second kappa shape index (κ2) is 7.78. The quantitative estimate of drug-likeness (QED) is 0.110. The lowest BCUT2D eigenvalue weighted by atomic mass is 10.2. The molecular formula is C7H17N3O3. The maximum Gasteiger partial charge on any atom is 0.139 e. The Labute approximate surface area is 77.1 Å². The Hall–Kier alpha value is -0.850. The standard InChI is InChI=1S/C7H17N3O3/c8-7(10-13)2-1-3-9-6(4-11)5-12/h6,9,11-13H,1-5H2,(H2,8,10). The van der Waals surface area contributed by atoms with E-state index in [-0.39, 0.29) is 25.1 Å². The number of amidine groups is 1. The van der Waals surface area contributed by atoms with E-state index < -0.39 is 0 Å². The van der Waals surface area contributed by atoms with E-state index in [1.54, 1.807) is 0 Å². The summed E-state index contributed by atoms with van der Waals surface area (Å²) in [5.74, 6) is 0.186. The normalized spacial score (nSPS) is 12.4. The van der Waals surface area contributed by atoms with E-state index in [0.717, 1.165) is 0 Å². The minimum absolute atomic E-state index is 0.0972. The van der Waals surface area contributed by atoms with Gasteiger partial charge < -0.3 is 26.5 Å². The first-order valence-electron chi connectivity index (χ1n) is 4.16. The Morgan fingerprint density at radius 2 is 2.00 bits per heavy atom. The van der Waals surface area contributed by atoms with Gasteiger partial charge in [0.1, 0.15) is 5.84 Å². The molecule has 0 aromatic carbocycles. The summed E-state index contributed by atoms with van der Waals surface area (Å²) in [5.41, 5.74) is 5.23. The smallest absolute Gasteiger partial charge is 0.139 e. The van der Waals surface area contributed by atoms with Crippen LogP contribution in [0.3, 0.4) is 0 Å². The second-order valence-corrected chi connectivity index (χ2v) is 2.71. The largest absolute Gasteiger partial charge is 0.409 e. The molecule has 0 aromatic heterocycles. The highest BCUT2D eigenvalue weighted by molar-refractivity contribution is 5.79. The fraction of sp³-hybridized carbons (Fsp3) is 0.857. The zero-order valence-electron chi connectivity index (χ0n) is 7.48. The van der Waals surface area contributed by atoms with Gasteiger partial charge in [-0.25, -0.2) is 0 Å². The number of nitrogens with one attached hydrogen (secondary N) is 1. The highest BCUT2D eigenvalue weighted by Crippen LogP contribution is 1.88. The summed E-state index contributed by atoms with van der Waals surface area (Å²) < 4.78 is 0. The summed E-state index contributed by atoms with van der Waals surface area (Å²) in [6.45, 7) is 0.419. The molecule has 6 heteroatoms. The van der Waals surface area contributed by atoms with Gasteiger partial charge in [0.25, 0.3) is 0 Å². The van der Waals surface area contributed by atoms with Crippen LogP contribution in [0.15, 0.2) is 5.16 Å². The van der Waals surface area contributed by atoms with Crippen LogP contribution in [0.1, 0.15) is 12.8 Å². The molecule has 0 bridgehead atoms. The molecule has 0 radical (unpaired) electrons. The third-order valence-corrected chi connectivity index (χ3v) is 1.61. The van der Waals surface area contributed by atoms with Crippen molar-refractivity contribution in [1.29, 1.82) is 0 Å². The number of nitrogens with zero attached hydrogens (tertiary/aromatic N) is 1. The topological polar surface area (TPSA) is 111 Å². The van der Waals surface area contributed by atoms with Gasteiger partial charge in [-0.2, -0.15) is 0 Å². The lowest BCUT2D eigenvalue weighted by Crippen LogP contribution is -2.36. The molecule has 0 rings (SSSR count). The third kappa shape index (κ3) is 6.32. The fourth-order valence-corrected chi connectivity index (χ4v) is 0.813. The van der Waals surface area contributed by atoms with Gasteiger partial charge >= 0.3 is 0 Å². The van der Waals surface area contributed by atoms with Crippen molar-refractivity contribution in [3.63, 3.8) is 0 Å². The molecular weight excluding hydrogens is 174 g/mol. The minimum atomic E-state index is -0.285. The first kappa shape index (κ1) is 12.2. The number of aliphatic hydroxyl groups is 2. The molecule has 0 saturated carbocycles. The monoisotopic (exact) mass is 191 g/mol. The van der Waals surface area contributed by atoms with Crippen LogP contribution in [-0.4, -0.2) is 47.1 Å². The molecule has 13 heavy (non-hydrogen) atoms. The van der Waals surface area contributed by atoms with Gasteiger partial charge in [-0.3, -0.25) is 0 Å². The van der Waals surface area contributed by atoms with Crippen LogP contribution in [0.25, 0.3) is 0 Å². The molecule has 0 amide bonds. The summed E-state index contributed by atoms with van der Waals surface area (Å²) in [5, 5.41) is 31.3. The van der Waals surface area contributed by atoms with Gasteiger partial charge in [-0.1, -0.05) is 5.16 Å². The molecule has 0 saturated heterocycles. The summed E-state index contributed by atoms with van der Waals surface area (Å²) >= 11 is 0. The van der Waals surface area contributed by atoms with E-state index in [2.05, 4.69) is 10.5 Å². The number of aliphatic hydroxyl groups excluding tert-OH is 2. The Morgan fingerprint density at radius 1 is 1.38 bits per heavy atom. The molecule has 78 valence electrons. The Balaban J connectivity index is 3.34. The highest BCUT2D eigenvalue weighted by atomic mass is 16.4. The van der Waals surface area contributed by atoms with Crippen molar-refractivity contribution in [1.82, 2.24) is 5.32 Å². The first-order valence-corrected chi connectivity index (χ1v) is 4.16. The molecule has 0 aliphatic carbocycles. The average molecular weight is 191 g/mol. The van der Waals surface area contributed by atoms with Crippen LogP contribution >= 0.6 is 0 Å². The lowest BCUT2D eigenvalue weighted by molar-refractivity contribution is 0.171. The molecule has 6 N–H and O–H groups in total. The summed E-state index contributed by atoms with van der Waals surface area (Å²) in [6, 6.07) is -0.285. The maximum atomic E-state index is 8.67. The van der Waals surface area contributed by atoms with E-state index in [1.165, 1.54) is 0 Å². The zero-order chi connectivity index (χ0) is 10.1. The molecule has 0 aromatic rings. The number of hydrogen-bond donors (Lipinski definition) is 5. The second-order valence-electron chi connectivity index (χ2n) is 2.71. The Morgan fingerprint density at radius 3 is 2.46 bits per heavy atom. The highest BCUT2D eigenvalue weighted by Gasteiger charge is 2.03. The van der Waals surface area contributed by atoms with Gasteiger partial charge in [0.15, 0.2) is 0 Å². The van der Waals surface area contributed by atoms with Crippen LogP contribution in [0.5, 0.6) is 0 Å². The SMILES string of the molecule is NC(CCCNC(CO)CO)=NO. The van der Waals surface area contributed by atoms with Gasteiger partial charge in [-0.05, 0) is 13.0 Å². The molecule has 0 spiro atoms. The summed E-state index contributed by atoms with van der Waals surface area (Å²) in [4.78, 5) is 0. The minimum Gasteiger partial charge on any atom is -0.409 e. The van der Waals surface area contributed by atoms with Crippen LogP contribution in [-0.2, 0) is 0 Å². The predicted octanol–water partition coefficient (Wildman–Crippen LogP) is -1.54. The molecule has 0 heterocycles. The first-order chi connectivity index (χ1) is 6.24. The molecule has 0 fully saturated rings. The van der Waals surface area contributed by atoms with E-state index in [9.17, 15) is 0 Å². The van der Waals surface area contributed by atoms with E-state index in [0.29, 0.717) is 19.4 Å². The molecule has 0 aliphatic heterocycles. The van der Waals surface area contributed by atoms with Gasteiger partial charge in [0.2, 0.25) is 0 Å². The molecule has 0 unspecified atom stereocenters. The number of oxime groups is 1. The van der Waals surface area contributed by atoms with E-state index in [1.807, 2.05) is 0 Å². The Kier molecular flexibility index (Phi) is 7.27. The number of hydrogen-bond acceptors (Lipinski definition) is 5. The van der Waals surface area contributed by atoms with Crippen LogP contribution in [0.2, 0.25) is 0 Å². The summed E-state index contributed by atoms with van der Waals surface area (Å²) in [6.07, 6.45) is 1.19. The van der Waals surface area contributed by atoms with Crippen LogP contribution in [0.4, 0.5) is 0 Å². The van der Waals surface area contributed by atoms with Gasteiger partial charge in [0.05, 0.1) is 19.3 Å². The third-order valence-electron chi connectivity index (χ3n) is 1.61. The van der Waals surface area contributed by atoms with Crippen molar-refractivity contribution in [3.8, 4) is 0 Å². The van der Waals surface area contributed by atoms with Crippen molar-refractivity contribution in [2.24, 2.45) is 10.9 Å². The number of rotatable bonds is 7. The van der Waals surface area contributed by atoms with E-state index >= 15 is 0 Å². The van der Waals surface area contributed by atoms with Crippen molar-refractivity contribution in [2.45, 2.75) is 18.9 Å². The molecule has 0 aliphatic rings. The van der Waals surface area contributed by atoms with Gasteiger partial charge in [-0.15, -0.1) is 0 Å². The fourth-order valence-electron chi connectivity index (χ4n) is 0.813. The lowest BCUT2D eigenvalue weighted by Gasteiger charge is -2.12. The predicted molar refractivity (Wildman–Crippen MR) is 48.6 cm³/mol. The molecule has 6 nitrogen and oxygen atoms in total.